The third-order valence-corrected chi connectivity index (χ3v) is 8.80. The molecular weight excluding hydrogens is 618 g/mol. The van der Waals surface area contributed by atoms with Crippen LogP contribution in [-0.2, 0) is 40.3 Å². The number of hydrogen-bond donors (Lipinski definition) is 4. The molecule has 0 aliphatic heterocycles. The van der Waals surface area contributed by atoms with E-state index in [2.05, 4.69) is 25.3 Å². The van der Waals surface area contributed by atoms with E-state index in [4.69, 9.17) is 9.57 Å². The van der Waals surface area contributed by atoms with Gasteiger partial charge in [-0.3, -0.25) is 19.7 Å². The van der Waals surface area contributed by atoms with Crippen LogP contribution in [0.2, 0.25) is 0 Å². The number of ether oxygens (including phenoxy) is 2. The number of alkyl carbamates (subject to hydrolysis) is 1. The Morgan fingerprint density at radius 3 is 2.46 bits per heavy atom. The van der Waals surface area contributed by atoms with Crippen molar-refractivity contribution in [3.63, 3.8) is 0 Å². The molecule has 1 aliphatic carbocycles. The minimum atomic E-state index is -4.36. The molecule has 4 N–H and O–H groups in total. The number of aliphatic hydroxyl groups excluding tert-OH is 1. The highest BCUT2D eigenvalue weighted by Gasteiger charge is 2.35. The summed E-state index contributed by atoms with van der Waals surface area (Å²) in [5, 5.41) is 16.6. The number of hydrogen-bond acceptors (Lipinski definition) is 10. The Bertz CT molecular complexity index is 1620. The van der Waals surface area contributed by atoms with Crippen LogP contribution in [0.15, 0.2) is 53.4 Å². The summed E-state index contributed by atoms with van der Waals surface area (Å²) in [7, 11) is -3.20. The number of rotatable bonds is 13. The molecule has 0 saturated heterocycles. The number of aromatic nitrogens is 2. The maximum atomic E-state index is 14.1. The number of nitrogens with one attached hydrogen (secondary N) is 3. The van der Waals surface area contributed by atoms with Gasteiger partial charge in [-0.1, -0.05) is 47.6 Å². The lowest BCUT2D eigenvalue weighted by Crippen LogP contribution is -2.51. The molecule has 2 amide bonds. The van der Waals surface area contributed by atoms with Crippen LogP contribution in [0.3, 0.4) is 0 Å². The fourth-order valence-electron chi connectivity index (χ4n) is 4.95. The Morgan fingerprint density at radius 1 is 1.11 bits per heavy atom. The molecule has 1 fully saturated rings. The van der Waals surface area contributed by atoms with Crippen molar-refractivity contribution in [1.82, 2.24) is 19.8 Å². The van der Waals surface area contributed by atoms with Gasteiger partial charge in [0.15, 0.2) is 0 Å². The van der Waals surface area contributed by atoms with Crippen LogP contribution in [0.1, 0.15) is 58.4 Å². The average molecular weight is 660 g/mol. The minimum absolute atomic E-state index is 0.0184. The zero-order valence-corrected chi connectivity index (χ0v) is 27.1. The predicted molar refractivity (Wildman–Crippen MR) is 168 cm³/mol. The molecule has 0 spiro atoms. The monoisotopic (exact) mass is 659 g/mol. The Balaban J connectivity index is 1.59. The summed E-state index contributed by atoms with van der Waals surface area (Å²) in [4.78, 5) is 49.2. The van der Waals surface area contributed by atoms with E-state index >= 15 is 0 Å². The summed E-state index contributed by atoms with van der Waals surface area (Å²) in [6.45, 7) is 4.67. The van der Waals surface area contributed by atoms with Crippen molar-refractivity contribution in [1.29, 1.82) is 0 Å². The molecular formula is C31H41N5O9S. The highest BCUT2D eigenvalue weighted by molar-refractivity contribution is 7.89. The SMILES string of the molecule is COC(=O)CC(=O)Nc1nc2ccc(S(=O)(=O)N(CC(O)[C@H](Cc3ccccc3)NC(=O)OC(C)(C)C)OC3CCCC3)cc2[nH]1. The third-order valence-electron chi connectivity index (χ3n) is 7.18. The van der Waals surface area contributed by atoms with Gasteiger partial charge in [-0.15, -0.1) is 0 Å². The van der Waals surface area contributed by atoms with Gasteiger partial charge in [0.1, 0.15) is 12.0 Å². The van der Waals surface area contributed by atoms with E-state index in [1.807, 2.05) is 30.3 Å². The molecule has 2 aromatic carbocycles. The van der Waals surface area contributed by atoms with Crippen molar-refractivity contribution in [2.24, 2.45) is 0 Å². The molecule has 1 aliphatic rings. The van der Waals surface area contributed by atoms with Gasteiger partial charge in [-0.25, -0.2) is 18.2 Å². The first-order valence-corrected chi connectivity index (χ1v) is 16.4. The summed E-state index contributed by atoms with van der Waals surface area (Å²) < 4.78 is 38.8. The van der Waals surface area contributed by atoms with Crippen molar-refractivity contribution in [2.75, 3.05) is 19.0 Å². The number of aromatic amines is 1. The maximum Gasteiger partial charge on any atom is 0.407 e. The van der Waals surface area contributed by atoms with Crippen LogP contribution >= 0.6 is 0 Å². The van der Waals surface area contributed by atoms with Crippen LogP contribution in [0.4, 0.5) is 10.7 Å². The normalized spacial score (nSPS) is 15.4. The lowest BCUT2D eigenvalue weighted by atomic mass is 10.0. The van der Waals surface area contributed by atoms with Gasteiger partial charge < -0.3 is 24.9 Å². The topological polar surface area (TPSA) is 189 Å². The minimum Gasteiger partial charge on any atom is -0.469 e. The van der Waals surface area contributed by atoms with Crippen LogP contribution in [0.5, 0.6) is 0 Å². The van der Waals surface area contributed by atoms with E-state index in [1.165, 1.54) is 25.3 Å². The number of imidazole rings is 1. The zero-order chi connectivity index (χ0) is 33.5. The Kier molecular flexibility index (Phi) is 11.4. The second-order valence-electron chi connectivity index (χ2n) is 12.1. The van der Waals surface area contributed by atoms with Gasteiger partial charge in [-0.05, 0) is 63.8 Å². The number of carbonyl (C=O) groups excluding carboxylic acids is 3. The third kappa shape index (κ3) is 9.72. The lowest BCUT2D eigenvalue weighted by Gasteiger charge is -2.31. The molecule has 2 atom stereocenters. The molecule has 15 heteroatoms. The van der Waals surface area contributed by atoms with Gasteiger partial charge in [-0.2, -0.15) is 0 Å². The zero-order valence-electron chi connectivity index (χ0n) is 26.3. The second kappa shape index (κ2) is 15.0. The molecule has 1 heterocycles. The molecule has 3 aromatic rings. The number of methoxy groups -OCH3 is 1. The number of H-pyrrole nitrogens is 1. The fourth-order valence-corrected chi connectivity index (χ4v) is 6.28. The number of sulfonamides is 1. The Morgan fingerprint density at radius 2 is 1.80 bits per heavy atom. The largest absolute Gasteiger partial charge is 0.469 e. The molecule has 1 unspecified atom stereocenters. The van der Waals surface area contributed by atoms with Crippen LogP contribution < -0.4 is 10.6 Å². The standard InChI is InChI=1S/C31H41N5O9S/c1-31(2,3)44-30(40)34-25(16-20-10-6-5-7-11-20)26(37)19-36(45-21-12-8-9-13-21)46(41,42)22-14-15-23-24(17-22)33-29(32-23)35-27(38)18-28(39)43-4/h5-7,10-11,14-15,17,21,25-26,37H,8-9,12-13,16,18-19H2,1-4H3,(H,34,40)(H2,32,33,35,38)/t25-,26?/m0/s1. The Hall–Kier alpha value is -4.05. The molecule has 1 aromatic heterocycles. The van der Waals surface area contributed by atoms with E-state index in [-0.39, 0.29) is 23.4 Å². The number of nitrogens with zero attached hydrogens (tertiary/aromatic N) is 2. The number of anilines is 1. The first-order chi connectivity index (χ1) is 21.7. The molecule has 14 nitrogen and oxygen atoms in total. The number of aliphatic hydroxyl groups is 1. The summed E-state index contributed by atoms with van der Waals surface area (Å²) in [6, 6.07) is 12.4. The van der Waals surface area contributed by atoms with Crippen molar-refractivity contribution >= 4 is 45.0 Å². The number of carbonyl (C=O) groups is 3. The van der Waals surface area contributed by atoms with Gasteiger partial charge in [0.05, 0.1) is 47.8 Å². The number of fused-ring (bicyclic) bond motifs is 1. The van der Waals surface area contributed by atoms with E-state index in [9.17, 15) is 27.9 Å². The quantitative estimate of drug-likeness (QED) is 0.120. The first-order valence-electron chi connectivity index (χ1n) is 15.0. The maximum absolute atomic E-state index is 14.1. The fraction of sp³-hybridized carbons (Fsp3) is 0.484. The number of amides is 2. The molecule has 46 heavy (non-hydrogen) atoms. The summed E-state index contributed by atoms with van der Waals surface area (Å²) >= 11 is 0. The van der Waals surface area contributed by atoms with Crippen molar-refractivity contribution < 1.29 is 42.2 Å². The van der Waals surface area contributed by atoms with Crippen LogP contribution in [-0.4, -0.2) is 83.4 Å². The highest BCUT2D eigenvalue weighted by atomic mass is 32.2. The van der Waals surface area contributed by atoms with Crippen molar-refractivity contribution in [2.45, 2.75) is 88.0 Å². The molecule has 1 saturated carbocycles. The van der Waals surface area contributed by atoms with Gasteiger partial charge >= 0.3 is 12.1 Å². The predicted octanol–water partition coefficient (Wildman–Crippen LogP) is 3.43. The smallest absolute Gasteiger partial charge is 0.407 e. The molecule has 4 rings (SSSR count). The number of hydroxylamine groups is 1. The van der Waals surface area contributed by atoms with Gasteiger partial charge in [0.25, 0.3) is 10.0 Å². The van der Waals surface area contributed by atoms with Crippen molar-refractivity contribution in [3.8, 4) is 0 Å². The molecule has 250 valence electrons. The van der Waals surface area contributed by atoms with E-state index in [0.29, 0.717) is 23.9 Å². The lowest BCUT2D eigenvalue weighted by molar-refractivity contribution is -0.145. The summed E-state index contributed by atoms with van der Waals surface area (Å²) in [5.74, 6) is -1.36. The van der Waals surface area contributed by atoms with Gasteiger partial charge in [0.2, 0.25) is 11.9 Å². The summed E-state index contributed by atoms with van der Waals surface area (Å²) in [5.41, 5.74) is 0.681. The Labute approximate surface area is 267 Å². The molecule has 0 radical (unpaired) electrons. The van der Waals surface area contributed by atoms with E-state index < -0.39 is 58.7 Å². The average Bonchev–Trinajstić information content (AvgIpc) is 3.64. The van der Waals surface area contributed by atoms with E-state index in [0.717, 1.165) is 22.9 Å². The van der Waals surface area contributed by atoms with Crippen LogP contribution in [0, 0.1) is 0 Å². The van der Waals surface area contributed by atoms with E-state index in [1.54, 1.807) is 20.8 Å². The summed E-state index contributed by atoms with van der Waals surface area (Å²) in [6.07, 6.45) is 0.223. The van der Waals surface area contributed by atoms with Gasteiger partial charge in [0, 0.05) is 0 Å². The molecule has 0 bridgehead atoms. The number of esters is 1. The van der Waals surface area contributed by atoms with Crippen molar-refractivity contribution in [3.05, 3.63) is 54.1 Å². The number of benzene rings is 2. The van der Waals surface area contributed by atoms with Crippen LogP contribution in [0.25, 0.3) is 11.0 Å². The second-order valence-corrected chi connectivity index (χ2v) is 13.9. The first kappa shape index (κ1) is 34.8. The highest BCUT2D eigenvalue weighted by Crippen LogP contribution is 2.28.